The number of nitrogens with zero attached hydrogens (tertiary/aromatic N) is 1. The van der Waals surface area contributed by atoms with Crippen LogP contribution in [0.1, 0.15) is 25.7 Å². The number of likely N-dealkylation sites (tertiary alicyclic amines) is 1. The molecule has 1 fully saturated rings. The smallest absolute Gasteiger partial charge is 0.322 e. The van der Waals surface area contributed by atoms with Crippen LogP contribution in [0.3, 0.4) is 0 Å². The molecule has 0 bridgehead atoms. The van der Waals surface area contributed by atoms with E-state index in [-0.39, 0.29) is 6.03 Å². The van der Waals surface area contributed by atoms with Crippen molar-refractivity contribution in [2.45, 2.75) is 31.7 Å². The van der Waals surface area contributed by atoms with Crippen molar-refractivity contribution in [3.8, 4) is 5.75 Å². The molecule has 1 aromatic rings. The van der Waals surface area contributed by atoms with E-state index in [1.165, 1.54) is 0 Å². The minimum Gasteiger partial charge on any atom is -0.497 e. The van der Waals surface area contributed by atoms with Gasteiger partial charge in [0.05, 0.1) is 7.11 Å². The van der Waals surface area contributed by atoms with Crippen molar-refractivity contribution in [1.29, 1.82) is 0 Å². The number of hydrogen-bond acceptors (Lipinski definition) is 3. The first-order valence-electron chi connectivity index (χ1n) is 7.16. The number of carbonyl (C=O) groups is 1. The highest BCUT2D eigenvalue weighted by atomic mass is 16.5. The second-order valence-electron chi connectivity index (χ2n) is 5.08. The Hall–Kier alpha value is -1.75. The Morgan fingerprint density at radius 3 is 2.85 bits per heavy atom. The molecule has 1 aliphatic rings. The number of methoxy groups -OCH3 is 1. The highest BCUT2D eigenvalue weighted by Crippen LogP contribution is 2.23. The summed E-state index contributed by atoms with van der Waals surface area (Å²) in [7, 11) is 1.62. The SMILES string of the molecule is COc1ccc(NC(=O)N2CCCC2CCCN)cc1. The molecule has 20 heavy (non-hydrogen) atoms. The van der Waals surface area contributed by atoms with E-state index in [1.54, 1.807) is 7.11 Å². The number of anilines is 1. The lowest BCUT2D eigenvalue weighted by atomic mass is 10.1. The van der Waals surface area contributed by atoms with Crippen LogP contribution in [0.4, 0.5) is 10.5 Å². The first kappa shape index (κ1) is 14.7. The zero-order valence-electron chi connectivity index (χ0n) is 12.0. The molecule has 1 aromatic carbocycles. The van der Waals surface area contributed by atoms with Crippen LogP contribution in [0, 0.1) is 0 Å². The lowest BCUT2D eigenvalue weighted by Gasteiger charge is -2.25. The molecule has 0 aliphatic carbocycles. The molecule has 5 nitrogen and oxygen atoms in total. The fourth-order valence-corrected chi connectivity index (χ4v) is 2.63. The average Bonchev–Trinajstić information content (AvgIpc) is 2.94. The molecule has 1 saturated heterocycles. The molecule has 1 aliphatic heterocycles. The Kier molecular flexibility index (Phi) is 5.24. The fraction of sp³-hybridized carbons (Fsp3) is 0.533. The van der Waals surface area contributed by atoms with Gasteiger partial charge in [-0.15, -0.1) is 0 Å². The van der Waals surface area contributed by atoms with Crippen molar-refractivity contribution in [2.75, 3.05) is 25.5 Å². The maximum atomic E-state index is 12.3. The third-order valence-electron chi connectivity index (χ3n) is 3.72. The molecule has 0 radical (unpaired) electrons. The van der Waals surface area contributed by atoms with Gasteiger partial charge in [-0.1, -0.05) is 0 Å². The summed E-state index contributed by atoms with van der Waals surface area (Å²) >= 11 is 0. The highest BCUT2D eigenvalue weighted by molar-refractivity contribution is 5.89. The van der Waals surface area contributed by atoms with E-state index in [0.29, 0.717) is 12.6 Å². The first-order valence-corrected chi connectivity index (χ1v) is 7.16. The van der Waals surface area contributed by atoms with Gasteiger partial charge in [0.15, 0.2) is 0 Å². The summed E-state index contributed by atoms with van der Waals surface area (Å²) in [4.78, 5) is 14.2. The van der Waals surface area contributed by atoms with Crippen molar-refractivity contribution in [3.63, 3.8) is 0 Å². The van der Waals surface area contributed by atoms with Gasteiger partial charge < -0.3 is 20.7 Å². The summed E-state index contributed by atoms with van der Waals surface area (Å²) in [6, 6.07) is 7.69. The van der Waals surface area contributed by atoms with Crippen LogP contribution >= 0.6 is 0 Å². The predicted molar refractivity (Wildman–Crippen MR) is 80.0 cm³/mol. The fourth-order valence-electron chi connectivity index (χ4n) is 2.63. The van der Waals surface area contributed by atoms with Crippen LogP contribution in [0.2, 0.25) is 0 Å². The predicted octanol–water partition coefficient (Wildman–Crippen LogP) is 2.43. The van der Waals surface area contributed by atoms with Crippen LogP contribution < -0.4 is 15.8 Å². The number of benzene rings is 1. The van der Waals surface area contributed by atoms with Gasteiger partial charge in [0, 0.05) is 18.3 Å². The van der Waals surface area contributed by atoms with Crippen molar-refractivity contribution >= 4 is 11.7 Å². The molecule has 110 valence electrons. The molecule has 2 rings (SSSR count). The molecule has 2 amide bonds. The molecule has 1 unspecified atom stereocenters. The van der Waals surface area contributed by atoms with Gasteiger partial charge in [-0.05, 0) is 56.5 Å². The van der Waals surface area contributed by atoms with E-state index in [4.69, 9.17) is 10.5 Å². The summed E-state index contributed by atoms with van der Waals surface area (Å²) in [5.41, 5.74) is 6.34. The van der Waals surface area contributed by atoms with Crippen LogP contribution in [-0.4, -0.2) is 37.2 Å². The van der Waals surface area contributed by atoms with E-state index in [9.17, 15) is 4.79 Å². The molecule has 0 aromatic heterocycles. The van der Waals surface area contributed by atoms with E-state index < -0.39 is 0 Å². The van der Waals surface area contributed by atoms with Gasteiger partial charge in [-0.2, -0.15) is 0 Å². The zero-order valence-corrected chi connectivity index (χ0v) is 12.0. The van der Waals surface area contributed by atoms with Crippen molar-refractivity contribution < 1.29 is 9.53 Å². The molecule has 0 spiro atoms. The lowest BCUT2D eigenvalue weighted by Crippen LogP contribution is -2.38. The number of urea groups is 1. The Morgan fingerprint density at radius 2 is 2.20 bits per heavy atom. The van der Waals surface area contributed by atoms with E-state index in [0.717, 1.165) is 43.7 Å². The summed E-state index contributed by atoms with van der Waals surface area (Å²) in [5.74, 6) is 0.782. The summed E-state index contributed by atoms with van der Waals surface area (Å²) < 4.78 is 5.10. The number of nitrogens with two attached hydrogens (primary N) is 1. The van der Waals surface area contributed by atoms with Crippen molar-refractivity contribution in [1.82, 2.24) is 4.90 Å². The third-order valence-corrected chi connectivity index (χ3v) is 3.72. The average molecular weight is 277 g/mol. The molecule has 1 atom stereocenters. The second kappa shape index (κ2) is 7.14. The Balaban J connectivity index is 1.92. The number of nitrogens with one attached hydrogen (secondary N) is 1. The number of carbonyl (C=O) groups excluding carboxylic acids is 1. The molecule has 3 N–H and O–H groups in total. The van der Waals surface area contributed by atoms with Gasteiger partial charge in [0.1, 0.15) is 5.75 Å². The minimum atomic E-state index is -0.0188. The third kappa shape index (κ3) is 3.63. The van der Waals surface area contributed by atoms with Gasteiger partial charge >= 0.3 is 6.03 Å². The highest BCUT2D eigenvalue weighted by Gasteiger charge is 2.28. The van der Waals surface area contributed by atoms with Gasteiger partial charge in [0.25, 0.3) is 0 Å². The van der Waals surface area contributed by atoms with Gasteiger partial charge in [-0.3, -0.25) is 0 Å². The lowest BCUT2D eigenvalue weighted by molar-refractivity contribution is 0.203. The molecule has 0 saturated carbocycles. The maximum absolute atomic E-state index is 12.3. The number of ether oxygens (including phenoxy) is 1. The van der Waals surface area contributed by atoms with E-state index in [1.807, 2.05) is 29.2 Å². The van der Waals surface area contributed by atoms with Crippen LogP contribution in [0.25, 0.3) is 0 Å². The number of rotatable bonds is 5. The standard InChI is InChI=1S/C15H23N3O2/c1-20-14-8-6-12(7-9-14)17-15(19)18-11-3-5-13(18)4-2-10-16/h6-9,13H,2-5,10-11,16H2,1H3,(H,17,19). The zero-order chi connectivity index (χ0) is 14.4. The monoisotopic (exact) mass is 277 g/mol. The van der Waals surface area contributed by atoms with E-state index in [2.05, 4.69) is 5.32 Å². The normalized spacial score (nSPS) is 18.1. The van der Waals surface area contributed by atoms with Gasteiger partial charge in [0.2, 0.25) is 0 Å². The van der Waals surface area contributed by atoms with Crippen LogP contribution in [-0.2, 0) is 0 Å². The Morgan fingerprint density at radius 1 is 1.45 bits per heavy atom. The van der Waals surface area contributed by atoms with Gasteiger partial charge in [-0.25, -0.2) is 4.79 Å². The summed E-state index contributed by atoms with van der Waals surface area (Å²) in [5, 5.41) is 2.94. The molecular weight excluding hydrogens is 254 g/mol. The molecule has 5 heteroatoms. The second-order valence-corrected chi connectivity index (χ2v) is 5.08. The summed E-state index contributed by atoms with van der Waals surface area (Å²) in [6.07, 6.45) is 4.12. The summed E-state index contributed by atoms with van der Waals surface area (Å²) in [6.45, 7) is 1.52. The van der Waals surface area contributed by atoms with Crippen molar-refractivity contribution in [3.05, 3.63) is 24.3 Å². The minimum absolute atomic E-state index is 0.0188. The van der Waals surface area contributed by atoms with Crippen LogP contribution in [0.15, 0.2) is 24.3 Å². The quantitative estimate of drug-likeness (QED) is 0.868. The van der Waals surface area contributed by atoms with Crippen molar-refractivity contribution in [2.24, 2.45) is 5.73 Å². The number of amides is 2. The topological polar surface area (TPSA) is 67.6 Å². The van der Waals surface area contributed by atoms with E-state index >= 15 is 0 Å². The number of hydrogen-bond donors (Lipinski definition) is 2. The van der Waals surface area contributed by atoms with Crippen LogP contribution in [0.5, 0.6) is 5.75 Å². The Labute approximate surface area is 120 Å². The maximum Gasteiger partial charge on any atom is 0.322 e. The Bertz CT molecular complexity index is 433. The molecule has 1 heterocycles. The largest absolute Gasteiger partial charge is 0.497 e. The first-order chi connectivity index (χ1) is 9.74. The molecular formula is C15H23N3O2.